The van der Waals surface area contributed by atoms with Crippen LogP contribution in [0.15, 0.2) is 0 Å². The van der Waals surface area contributed by atoms with E-state index in [0.29, 0.717) is 6.61 Å². The molecule has 0 aromatic carbocycles. The van der Waals surface area contributed by atoms with E-state index < -0.39 is 0 Å². The molecule has 3 nitrogen and oxygen atoms in total. The highest BCUT2D eigenvalue weighted by Gasteiger charge is 2.38. The van der Waals surface area contributed by atoms with Crippen molar-refractivity contribution in [2.24, 2.45) is 5.41 Å². The minimum atomic E-state index is -0.214. The molecule has 0 rings (SSSR count). The maximum absolute atomic E-state index is 13.5. The van der Waals surface area contributed by atoms with E-state index in [1.165, 1.54) is 122 Å². The Labute approximate surface area is 209 Å². The van der Waals surface area contributed by atoms with Crippen LogP contribution in [-0.4, -0.2) is 12.6 Å². The highest BCUT2D eigenvalue weighted by atomic mass is 16.5. The third kappa shape index (κ3) is 19.4. The van der Waals surface area contributed by atoms with Gasteiger partial charge in [0.1, 0.15) is 0 Å². The van der Waals surface area contributed by atoms with E-state index in [9.17, 15) is 4.79 Å². The van der Waals surface area contributed by atoms with Crippen LogP contribution in [0.5, 0.6) is 0 Å². The third-order valence-electron chi connectivity index (χ3n) is 7.19. The number of carbonyl (C=O) groups excluding carboxylic acids is 1. The maximum Gasteiger partial charge on any atom is 0.312 e. The van der Waals surface area contributed by atoms with Gasteiger partial charge in [-0.25, -0.2) is 0 Å². The molecule has 200 valence electrons. The molecule has 0 atom stereocenters. The molecule has 0 aromatic heterocycles. The number of rotatable bonds is 25. The SMILES string of the molecule is CCCCCCCOC(=O)C(CCCCCCC)(CCCCCCC)CCCCCCC.N. The molecule has 33 heavy (non-hydrogen) atoms. The molecule has 0 spiro atoms. The molecule has 0 fully saturated rings. The van der Waals surface area contributed by atoms with E-state index >= 15 is 0 Å². The van der Waals surface area contributed by atoms with Crippen LogP contribution < -0.4 is 6.15 Å². The minimum absolute atomic E-state index is 0. The summed E-state index contributed by atoms with van der Waals surface area (Å²) in [6, 6.07) is 0. The van der Waals surface area contributed by atoms with Crippen LogP contribution in [-0.2, 0) is 9.53 Å². The predicted molar refractivity (Wildman–Crippen MR) is 147 cm³/mol. The largest absolute Gasteiger partial charge is 0.465 e. The van der Waals surface area contributed by atoms with E-state index in [1.54, 1.807) is 0 Å². The lowest BCUT2D eigenvalue weighted by atomic mass is 9.74. The van der Waals surface area contributed by atoms with Crippen LogP contribution in [0.3, 0.4) is 0 Å². The fourth-order valence-corrected chi connectivity index (χ4v) is 4.91. The van der Waals surface area contributed by atoms with Crippen molar-refractivity contribution >= 4 is 5.97 Å². The molecule has 0 aliphatic heterocycles. The number of ether oxygens (including phenoxy) is 1. The van der Waals surface area contributed by atoms with Crippen LogP contribution >= 0.6 is 0 Å². The quantitative estimate of drug-likeness (QED) is 0.107. The Hall–Kier alpha value is -0.570. The zero-order valence-corrected chi connectivity index (χ0v) is 23.5. The normalized spacial score (nSPS) is 11.4. The van der Waals surface area contributed by atoms with Crippen molar-refractivity contribution in [1.82, 2.24) is 6.15 Å². The molecule has 0 aliphatic carbocycles. The van der Waals surface area contributed by atoms with E-state index in [1.807, 2.05) is 0 Å². The van der Waals surface area contributed by atoms with Crippen molar-refractivity contribution in [3.8, 4) is 0 Å². The topological polar surface area (TPSA) is 61.3 Å². The maximum atomic E-state index is 13.5. The van der Waals surface area contributed by atoms with Crippen molar-refractivity contribution in [2.75, 3.05) is 6.61 Å². The van der Waals surface area contributed by atoms with Gasteiger partial charge in [0.25, 0.3) is 0 Å². The molecule has 0 heterocycles. The van der Waals surface area contributed by atoms with Gasteiger partial charge in [-0.05, 0) is 25.7 Å². The molecule has 0 saturated heterocycles. The minimum Gasteiger partial charge on any atom is -0.465 e. The number of unbranched alkanes of at least 4 members (excludes halogenated alkanes) is 16. The van der Waals surface area contributed by atoms with Crippen LogP contribution in [0.4, 0.5) is 0 Å². The average molecular weight is 470 g/mol. The van der Waals surface area contributed by atoms with Gasteiger partial charge in [0.05, 0.1) is 12.0 Å². The second-order valence-electron chi connectivity index (χ2n) is 10.3. The fraction of sp³-hybridized carbons (Fsp3) is 0.967. The van der Waals surface area contributed by atoms with E-state index in [4.69, 9.17) is 4.74 Å². The van der Waals surface area contributed by atoms with Gasteiger partial charge in [-0.1, -0.05) is 150 Å². The lowest BCUT2D eigenvalue weighted by Gasteiger charge is -2.32. The van der Waals surface area contributed by atoms with Crippen molar-refractivity contribution in [3.63, 3.8) is 0 Å². The summed E-state index contributed by atoms with van der Waals surface area (Å²) in [5.41, 5.74) is -0.214. The summed E-state index contributed by atoms with van der Waals surface area (Å²) in [5, 5.41) is 0. The first kappa shape index (κ1) is 34.6. The van der Waals surface area contributed by atoms with Gasteiger partial charge in [-0.15, -0.1) is 0 Å². The van der Waals surface area contributed by atoms with Gasteiger partial charge < -0.3 is 10.9 Å². The van der Waals surface area contributed by atoms with Gasteiger partial charge in [0, 0.05) is 0 Å². The van der Waals surface area contributed by atoms with Crippen LogP contribution in [0, 0.1) is 5.41 Å². The average Bonchev–Trinajstić information content (AvgIpc) is 2.80. The zero-order chi connectivity index (χ0) is 23.8. The van der Waals surface area contributed by atoms with Crippen molar-refractivity contribution in [2.45, 2.75) is 175 Å². The number of carbonyl (C=O) groups is 1. The Balaban J connectivity index is 0. The molecule has 0 saturated carbocycles. The lowest BCUT2D eigenvalue weighted by molar-refractivity contribution is -0.158. The Bertz CT molecular complexity index is 361. The monoisotopic (exact) mass is 469 g/mol. The predicted octanol–water partition coefficient (Wildman–Crippen LogP) is 10.7. The van der Waals surface area contributed by atoms with Crippen molar-refractivity contribution < 1.29 is 9.53 Å². The summed E-state index contributed by atoms with van der Waals surface area (Å²) < 4.78 is 5.98. The first-order chi connectivity index (χ1) is 15.7. The summed E-state index contributed by atoms with van der Waals surface area (Å²) in [5.74, 6) is 0.148. The summed E-state index contributed by atoms with van der Waals surface area (Å²) in [7, 11) is 0. The fourth-order valence-electron chi connectivity index (χ4n) is 4.91. The Kier molecular flexibility index (Phi) is 27.3. The van der Waals surface area contributed by atoms with Gasteiger partial charge >= 0.3 is 5.97 Å². The van der Waals surface area contributed by atoms with Gasteiger partial charge in [0.15, 0.2) is 0 Å². The molecule has 0 amide bonds. The van der Waals surface area contributed by atoms with Gasteiger partial charge in [0.2, 0.25) is 0 Å². The van der Waals surface area contributed by atoms with Crippen LogP contribution in [0.25, 0.3) is 0 Å². The molecule has 0 unspecified atom stereocenters. The number of hydrogen-bond donors (Lipinski definition) is 1. The standard InChI is InChI=1S/C30H60O2.H3N/c1-5-9-13-17-21-25-30(26-22-18-14-10-6-2,27-23-19-15-11-7-3)29(31)32-28-24-20-16-12-8-4;/h5-28H2,1-4H3;1H3. The van der Waals surface area contributed by atoms with Gasteiger partial charge in [-0.2, -0.15) is 0 Å². The first-order valence-electron chi connectivity index (χ1n) is 14.8. The smallest absolute Gasteiger partial charge is 0.312 e. The highest BCUT2D eigenvalue weighted by molar-refractivity contribution is 5.76. The summed E-state index contributed by atoms with van der Waals surface area (Å²) in [6.45, 7) is 9.69. The Morgan fingerprint density at radius 3 is 1.12 bits per heavy atom. The second-order valence-corrected chi connectivity index (χ2v) is 10.3. The van der Waals surface area contributed by atoms with E-state index in [0.717, 1.165) is 25.7 Å². The summed E-state index contributed by atoms with van der Waals surface area (Å²) in [6.07, 6.45) is 28.3. The second kappa shape index (κ2) is 26.0. The first-order valence-corrected chi connectivity index (χ1v) is 14.8. The molecule has 3 heteroatoms. The zero-order valence-electron chi connectivity index (χ0n) is 23.5. The third-order valence-corrected chi connectivity index (χ3v) is 7.19. The Morgan fingerprint density at radius 1 is 0.485 bits per heavy atom. The molecule has 0 radical (unpaired) electrons. The van der Waals surface area contributed by atoms with Gasteiger partial charge in [-0.3, -0.25) is 4.79 Å². The molecule has 3 N–H and O–H groups in total. The molecule has 0 aromatic rings. The van der Waals surface area contributed by atoms with Crippen LogP contribution in [0.1, 0.15) is 175 Å². The number of hydrogen-bond acceptors (Lipinski definition) is 3. The van der Waals surface area contributed by atoms with Crippen molar-refractivity contribution in [1.29, 1.82) is 0 Å². The Morgan fingerprint density at radius 2 is 0.788 bits per heavy atom. The molecule has 0 aliphatic rings. The lowest BCUT2D eigenvalue weighted by Crippen LogP contribution is -2.34. The summed E-state index contributed by atoms with van der Waals surface area (Å²) >= 11 is 0. The molecule has 0 bridgehead atoms. The van der Waals surface area contributed by atoms with Crippen molar-refractivity contribution in [3.05, 3.63) is 0 Å². The molecular formula is C30H63NO2. The van der Waals surface area contributed by atoms with E-state index in [-0.39, 0.29) is 17.5 Å². The molecular weight excluding hydrogens is 406 g/mol. The van der Waals surface area contributed by atoms with E-state index in [2.05, 4.69) is 27.7 Å². The number of esters is 1. The highest BCUT2D eigenvalue weighted by Crippen LogP contribution is 2.39. The summed E-state index contributed by atoms with van der Waals surface area (Å²) in [4.78, 5) is 13.5. The van der Waals surface area contributed by atoms with Crippen LogP contribution in [0.2, 0.25) is 0 Å².